The second-order valence-electron chi connectivity index (χ2n) is 6.69. The first-order chi connectivity index (χ1) is 11.7. The average molecular weight is 344 g/mol. The SMILES string of the molecule is CC.CCN(C)CCN1CCCC1.CNCCN1CCN(C)CC1. The Kier molecular flexibility index (Phi) is 16.1. The summed E-state index contributed by atoms with van der Waals surface area (Å²) in [6, 6.07) is 0. The Morgan fingerprint density at radius 2 is 1.42 bits per heavy atom. The Balaban J connectivity index is 0.000000400. The molecule has 2 aliphatic rings. The van der Waals surface area contributed by atoms with Crippen molar-refractivity contribution < 1.29 is 0 Å². The van der Waals surface area contributed by atoms with Crippen LogP contribution >= 0.6 is 0 Å². The van der Waals surface area contributed by atoms with Gasteiger partial charge < -0.3 is 20.0 Å². The molecule has 0 spiro atoms. The Morgan fingerprint density at radius 3 is 1.92 bits per heavy atom. The monoisotopic (exact) mass is 343 g/mol. The molecule has 0 atom stereocenters. The van der Waals surface area contributed by atoms with Gasteiger partial charge in [-0.3, -0.25) is 4.90 Å². The molecule has 0 aromatic rings. The molecule has 24 heavy (non-hydrogen) atoms. The first-order valence-electron chi connectivity index (χ1n) is 10.1. The maximum atomic E-state index is 3.17. The van der Waals surface area contributed by atoms with Gasteiger partial charge in [-0.2, -0.15) is 0 Å². The van der Waals surface area contributed by atoms with Crippen molar-refractivity contribution in [3.63, 3.8) is 0 Å². The van der Waals surface area contributed by atoms with Crippen LogP contribution in [0.1, 0.15) is 33.6 Å². The molecule has 2 aliphatic heterocycles. The van der Waals surface area contributed by atoms with Crippen LogP contribution in [0.25, 0.3) is 0 Å². The van der Waals surface area contributed by atoms with Gasteiger partial charge in [-0.05, 0) is 53.6 Å². The van der Waals surface area contributed by atoms with Crippen LogP contribution in [0.4, 0.5) is 0 Å². The first kappa shape index (κ1) is 23.8. The molecule has 1 N–H and O–H groups in total. The van der Waals surface area contributed by atoms with Gasteiger partial charge in [0.25, 0.3) is 0 Å². The van der Waals surface area contributed by atoms with Gasteiger partial charge in [-0.1, -0.05) is 20.8 Å². The predicted octanol–water partition coefficient (Wildman–Crippen LogP) is 1.51. The molecule has 0 unspecified atom stereocenters. The molecule has 5 heteroatoms. The topological polar surface area (TPSA) is 25.0 Å². The zero-order valence-corrected chi connectivity index (χ0v) is 17.5. The molecule has 146 valence electrons. The van der Waals surface area contributed by atoms with Gasteiger partial charge in [0, 0.05) is 52.4 Å². The van der Waals surface area contributed by atoms with Gasteiger partial charge in [0.1, 0.15) is 0 Å². The lowest BCUT2D eigenvalue weighted by Gasteiger charge is -2.32. The number of rotatable bonds is 7. The molecule has 0 amide bonds. The molecule has 2 saturated heterocycles. The quantitative estimate of drug-likeness (QED) is 0.756. The highest BCUT2D eigenvalue weighted by atomic mass is 15.2. The average Bonchev–Trinajstić information content (AvgIpc) is 3.15. The minimum atomic E-state index is 1.11. The number of likely N-dealkylation sites (tertiary alicyclic amines) is 1. The summed E-state index contributed by atoms with van der Waals surface area (Å²) >= 11 is 0. The van der Waals surface area contributed by atoms with Crippen molar-refractivity contribution in [2.75, 3.05) is 93.1 Å². The van der Waals surface area contributed by atoms with Crippen molar-refractivity contribution >= 4 is 0 Å². The van der Waals surface area contributed by atoms with Crippen molar-refractivity contribution in [2.24, 2.45) is 0 Å². The first-order valence-corrected chi connectivity index (χ1v) is 10.1. The van der Waals surface area contributed by atoms with E-state index in [1.807, 2.05) is 20.9 Å². The van der Waals surface area contributed by atoms with E-state index in [9.17, 15) is 0 Å². The standard InChI is InChI=1S/C9H20N2.C8H19N3.C2H6/c1-3-10(2)8-9-11-6-4-5-7-11;1-9-3-4-11-7-5-10(2)6-8-11;1-2/h3-9H2,1-2H3;9H,3-8H2,1-2H3;1-2H3. The van der Waals surface area contributed by atoms with E-state index in [2.05, 4.69) is 45.9 Å². The second-order valence-corrected chi connectivity index (χ2v) is 6.69. The third-order valence-corrected chi connectivity index (χ3v) is 4.81. The van der Waals surface area contributed by atoms with Crippen LogP contribution in [0, 0.1) is 0 Å². The summed E-state index contributed by atoms with van der Waals surface area (Å²) < 4.78 is 0. The van der Waals surface area contributed by atoms with Crippen LogP contribution < -0.4 is 5.32 Å². The number of nitrogens with zero attached hydrogens (tertiary/aromatic N) is 4. The van der Waals surface area contributed by atoms with Crippen LogP contribution in [0.2, 0.25) is 0 Å². The lowest BCUT2D eigenvalue weighted by molar-refractivity contribution is 0.155. The maximum Gasteiger partial charge on any atom is 0.0110 e. The van der Waals surface area contributed by atoms with Crippen LogP contribution in [-0.4, -0.2) is 113 Å². The number of hydrogen-bond donors (Lipinski definition) is 1. The van der Waals surface area contributed by atoms with Crippen LogP contribution in [0.3, 0.4) is 0 Å². The van der Waals surface area contributed by atoms with Crippen LogP contribution in [0.5, 0.6) is 0 Å². The Bertz CT molecular complexity index is 245. The summed E-state index contributed by atoms with van der Waals surface area (Å²) in [4.78, 5) is 9.83. The highest BCUT2D eigenvalue weighted by molar-refractivity contribution is 4.69. The fourth-order valence-electron chi connectivity index (χ4n) is 2.82. The zero-order chi connectivity index (χ0) is 18.2. The van der Waals surface area contributed by atoms with Gasteiger partial charge >= 0.3 is 0 Å². The van der Waals surface area contributed by atoms with Gasteiger partial charge in [0.2, 0.25) is 0 Å². The smallest absolute Gasteiger partial charge is 0.0110 e. The number of piperazine rings is 1. The molecule has 0 radical (unpaired) electrons. The van der Waals surface area contributed by atoms with Gasteiger partial charge in [0.15, 0.2) is 0 Å². The minimum Gasteiger partial charge on any atom is -0.318 e. The maximum absolute atomic E-state index is 3.17. The van der Waals surface area contributed by atoms with E-state index >= 15 is 0 Å². The van der Waals surface area contributed by atoms with Crippen molar-refractivity contribution in [1.29, 1.82) is 0 Å². The highest BCUT2D eigenvalue weighted by Gasteiger charge is 2.12. The number of hydrogen-bond acceptors (Lipinski definition) is 5. The van der Waals surface area contributed by atoms with Crippen molar-refractivity contribution in [3.05, 3.63) is 0 Å². The van der Waals surface area contributed by atoms with E-state index in [4.69, 9.17) is 0 Å². The molecule has 0 aliphatic carbocycles. The lowest BCUT2D eigenvalue weighted by Crippen LogP contribution is -2.46. The minimum absolute atomic E-state index is 1.11. The summed E-state index contributed by atoms with van der Waals surface area (Å²) in [5.74, 6) is 0. The Hall–Kier alpha value is -0.200. The molecule has 0 aromatic carbocycles. The second kappa shape index (κ2) is 16.3. The fourth-order valence-corrected chi connectivity index (χ4v) is 2.82. The summed E-state index contributed by atoms with van der Waals surface area (Å²) in [7, 11) is 6.39. The molecule has 2 fully saturated rings. The van der Waals surface area contributed by atoms with E-state index in [0.29, 0.717) is 0 Å². The van der Waals surface area contributed by atoms with Crippen LogP contribution in [-0.2, 0) is 0 Å². The summed E-state index contributed by atoms with van der Waals surface area (Å²) in [5, 5.41) is 3.17. The largest absolute Gasteiger partial charge is 0.318 e. The Morgan fingerprint density at radius 1 is 0.875 bits per heavy atom. The molecule has 0 saturated carbocycles. The van der Waals surface area contributed by atoms with E-state index in [0.717, 1.165) is 6.54 Å². The van der Waals surface area contributed by atoms with Gasteiger partial charge in [-0.15, -0.1) is 0 Å². The predicted molar refractivity (Wildman–Crippen MR) is 108 cm³/mol. The normalized spacial score (nSPS) is 19.6. The molecule has 0 bridgehead atoms. The molecule has 0 aromatic heterocycles. The molecular formula is C19H45N5. The number of nitrogens with one attached hydrogen (secondary N) is 1. The summed E-state index contributed by atoms with van der Waals surface area (Å²) in [6.07, 6.45) is 2.83. The van der Waals surface area contributed by atoms with Gasteiger partial charge in [-0.25, -0.2) is 0 Å². The van der Waals surface area contributed by atoms with Crippen molar-refractivity contribution in [1.82, 2.24) is 24.9 Å². The highest BCUT2D eigenvalue weighted by Crippen LogP contribution is 2.06. The molecular weight excluding hydrogens is 298 g/mol. The summed E-state index contributed by atoms with van der Waals surface area (Å²) in [5.41, 5.74) is 0. The summed E-state index contributed by atoms with van der Waals surface area (Å²) in [6.45, 7) is 19.8. The van der Waals surface area contributed by atoms with Gasteiger partial charge in [0.05, 0.1) is 0 Å². The van der Waals surface area contributed by atoms with Crippen molar-refractivity contribution in [2.45, 2.75) is 33.6 Å². The van der Waals surface area contributed by atoms with Crippen LogP contribution in [0.15, 0.2) is 0 Å². The molecule has 2 heterocycles. The zero-order valence-electron chi connectivity index (χ0n) is 17.5. The fraction of sp³-hybridized carbons (Fsp3) is 1.00. The third-order valence-electron chi connectivity index (χ3n) is 4.81. The van der Waals surface area contributed by atoms with Crippen molar-refractivity contribution in [3.8, 4) is 0 Å². The molecule has 2 rings (SSSR count). The number of likely N-dealkylation sites (N-methyl/N-ethyl adjacent to an activating group) is 3. The van der Waals surface area contributed by atoms with E-state index in [1.165, 1.54) is 78.3 Å². The molecule has 5 nitrogen and oxygen atoms in total. The third kappa shape index (κ3) is 12.2. The Labute approximate surface area is 152 Å². The lowest BCUT2D eigenvalue weighted by atomic mass is 10.3. The van der Waals surface area contributed by atoms with E-state index in [1.54, 1.807) is 0 Å². The van der Waals surface area contributed by atoms with E-state index in [-0.39, 0.29) is 0 Å². The van der Waals surface area contributed by atoms with E-state index < -0.39 is 0 Å².